The highest BCUT2D eigenvalue weighted by Crippen LogP contribution is 2.42. The molecule has 2 atom stereocenters. The van der Waals surface area contributed by atoms with Crippen LogP contribution >= 0.6 is 11.6 Å². The normalized spacial score (nSPS) is 23.7. The van der Waals surface area contributed by atoms with Gasteiger partial charge in [0.2, 0.25) is 0 Å². The summed E-state index contributed by atoms with van der Waals surface area (Å²) < 4.78 is 6.37. The number of aromatic nitrogens is 2. The Bertz CT molecular complexity index is 1080. The third-order valence-corrected chi connectivity index (χ3v) is 6.57. The number of hydrogen-bond donors (Lipinski definition) is 0. The van der Waals surface area contributed by atoms with Crippen LogP contribution in [-0.4, -0.2) is 57.5 Å². The summed E-state index contributed by atoms with van der Waals surface area (Å²) in [6.07, 6.45) is 7.13. The summed E-state index contributed by atoms with van der Waals surface area (Å²) >= 11 is 6.20. The number of hydrogen-bond acceptors (Lipinski definition) is 5. The second-order valence-corrected chi connectivity index (χ2v) is 8.90. The lowest BCUT2D eigenvalue weighted by molar-refractivity contribution is -0.173. The van der Waals surface area contributed by atoms with Crippen LogP contribution in [0.1, 0.15) is 22.6 Å². The number of carbonyl (C=O) groups is 1. The topological polar surface area (TPSA) is 58.6 Å². The fraction of sp³-hybridized carbons (Fsp3) is 0.320. The molecule has 164 valence electrons. The highest BCUT2D eigenvalue weighted by molar-refractivity contribution is 6.30. The van der Waals surface area contributed by atoms with Crippen molar-refractivity contribution in [2.45, 2.75) is 24.6 Å². The smallest absolute Gasteiger partial charge is 0.257 e. The Morgan fingerprint density at radius 3 is 2.69 bits per heavy atom. The Morgan fingerprint density at radius 1 is 1.03 bits per heavy atom. The Hall–Kier alpha value is -2.80. The second-order valence-electron chi connectivity index (χ2n) is 8.46. The van der Waals surface area contributed by atoms with Crippen molar-refractivity contribution in [3.8, 4) is 0 Å². The molecule has 0 radical (unpaired) electrons. The van der Waals surface area contributed by atoms with E-state index in [-0.39, 0.29) is 11.8 Å². The molecule has 7 heteroatoms. The van der Waals surface area contributed by atoms with E-state index in [4.69, 9.17) is 16.3 Å². The van der Waals surface area contributed by atoms with Gasteiger partial charge in [0, 0.05) is 68.5 Å². The number of nitrogens with zero attached hydrogens (tertiary/aromatic N) is 4. The first-order valence-corrected chi connectivity index (χ1v) is 11.2. The number of rotatable bonds is 5. The zero-order valence-electron chi connectivity index (χ0n) is 17.7. The fourth-order valence-electron chi connectivity index (χ4n) is 4.87. The van der Waals surface area contributed by atoms with Crippen LogP contribution < -0.4 is 0 Å². The number of likely N-dealkylation sites (tertiary alicyclic amines) is 1. The number of pyridine rings is 2. The summed E-state index contributed by atoms with van der Waals surface area (Å²) in [5.74, 6) is -0.0499. The van der Waals surface area contributed by atoms with Crippen LogP contribution in [0.5, 0.6) is 0 Å². The zero-order valence-corrected chi connectivity index (χ0v) is 18.5. The molecule has 2 aliphatic heterocycles. The lowest BCUT2D eigenvalue weighted by atomic mass is 9.83. The van der Waals surface area contributed by atoms with Crippen LogP contribution in [0.15, 0.2) is 73.3 Å². The predicted molar refractivity (Wildman–Crippen MR) is 122 cm³/mol. The van der Waals surface area contributed by atoms with Gasteiger partial charge in [-0.25, -0.2) is 0 Å². The van der Waals surface area contributed by atoms with Gasteiger partial charge in [0.1, 0.15) is 0 Å². The van der Waals surface area contributed by atoms with Gasteiger partial charge >= 0.3 is 0 Å². The maximum atomic E-state index is 13.9. The number of amides is 1. The van der Waals surface area contributed by atoms with Crippen molar-refractivity contribution < 1.29 is 9.53 Å². The molecular weight excluding hydrogens is 424 g/mol. The molecule has 0 unspecified atom stereocenters. The van der Waals surface area contributed by atoms with Crippen molar-refractivity contribution in [2.75, 3.05) is 26.2 Å². The third-order valence-electron chi connectivity index (χ3n) is 6.34. The van der Waals surface area contributed by atoms with Gasteiger partial charge in [0.05, 0.1) is 6.61 Å². The Labute approximate surface area is 192 Å². The minimum absolute atomic E-state index is 0.0445. The number of ether oxygens (including phenoxy) is 1. The van der Waals surface area contributed by atoms with E-state index in [0.29, 0.717) is 44.4 Å². The molecule has 32 heavy (non-hydrogen) atoms. The molecule has 5 rings (SSSR count). The van der Waals surface area contributed by atoms with Crippen molar-refractivity contribution in [3.05, 3.63) is 95.0 Å². The average Bonchev–Trinajstić information content (AvgIpc) is 3.17. The maximum Gasteiger partial charge on any atom is 0.257 e. The lowest BCUT2D eigenvalue weighted by Gasteiger charge is -2.42. The maximum absolute atomic E-state index is 13.9. The van der Waals surface area contributed by atoms with E-state index in [1.54, 1.807) is 18.6 Å². The van der Waals surface area contributed by atoms with E-state index in [0.717, 1.165) is 16.7 Å². The molecule has 6 nitrogen and oxygen atoms in total. The summed E-state index contributed by atoms with van der Waals surface area (Å²) in [7, 11) is 0. The van der Waals surface area contributed by atoms with Crippen molar-refractivity contribution in [3.63, 3.8) is 0 Å². The minimum atomic E-state index is -0.924. The molecular formula is C25H25ClN4O2. The predicted octanol–water partition coefficient (Wildman–Crippen LogP) is 3.53. The molecule has 3 aromatic rings. The van der Waals surface area contributed by atoms with E-state index in [1.807, 2.05) is 53.6 Å². The highest BCUT2D eigenvalue weighted by Gasteiger charge is 2.56. The summed E-state index contributed by atoms with van der Waals surface area (Å²) in [4.78, 5) is 26.5. The number of halogens is 1. The van der Waals surface area contributed by atoms with Gasteiger partial charge in [0.15, 0.2) is 5.60 Å². The van der Waals surface area contributed by atoms with Crippen molar-refractivity contribution >= 4 is 17.5 Å². The molecule has 0 saturated carbocycles. The molecule has 0 bridgehead atoms. The summed E-state index contributed by atoms with van der Waals surface area (Å²) in [5.41, 5.74) is 2.29. The standard InChI is InChI=1S/C25H25ClN4O2/c26-22-5-1-3-20(13-22)15-29-17-23(21-4-2-8-28-14-21)25(18-29)24(31)30(11-12-32-25)16-19-6-9-27-10-7-19/h1-10,13-14,23H,11-12,15-18H2/t23-,25+/m1/s1. The molecule has 1 spiro atoms. The van der Waals surface area contributed by atoms with Gasteiger partial charge in [-0.1, -0.05) is 29.8 Å². The fourth-order valence-corrected chi connectivity index (χ4v) is 5.09. The zero-order chi connectivity index (χ0) is 22.0. The second kappa shape index (κ2) is 8.98. The van der Waals surface area contributed by atoms with Crippen LogP contribution in [-0.2, 0) is 22.6 Å². The van der Waals surface area contributed by atoms with Crippen LogP contribution in [0, 0.1) is 0 Å². The summed E-state index contributed by atoms with van der Waals surface area (Å²) in [6.45, 7) is 3.61. The first-order valence-electron chi connectivity index (χ1n) is 10.8. The Morgan fingerprint density at radius 2 is 1.91 bits per heavy atom. The van der Waals surface area contributed by atoms with Crippen LogP contribution in [0.2, 0.25) is 5.02 Å². The SMILES string of the molecule is O=C1N(Cc2ccncc2)CCO[C@]12CN(Cc1cccc(Cl)c1)C[C@@H]2c1cccnc1. The summed E-state index contributed by atoms with van der Waals surface area (Å²) in [5, 5.41) is 0.716. The van der Waals surface area contributed by atoms with Crippen molar-refractivity contribution in [1.29, 1.82) is 0 Å². The number of carbonyl (C=O) groups excluding carboxylic acids is 1. The molecule has 2 fully saturated rings. The molecule has 0 aliphatic carbocycles. The highest BCUT2D eigenvalue weighted by atomic mass is 35.5. The summed E-state index contributed by atoms with van der Waals surface area (Å²) in [6, 6.07) is 15.7. The van der Waals surface area contributed by atoms with Gasteiger partial charge in [-0.3, -0.25) is 19.7 Å². The molecule has 1 aromatic carbocycles. The monoisotopic (exact) mass is 448 g/mol. The number of morpholine rings is 1. The largest absolute Gasteiger partial charge is 0.361 e. The molecule has 0 N–H and O–H groups in total. The van der Waals surface area contributed by atoms with Gasteiger partial charge in [-0.05, 0) is 47.0 Å². The van der Waals surface area contributed by atoms with E-state index in [1.165, 1.54) is 0 Å². The molecule has 4 heterocycles. The number of benzene rings is 1. The van der Waals surface area contributed by atoms with Crippen molar-refractivity contribution in [1.82, 2.24) is 19.8 Å². The van der Waals surface area contributed by atoms with E-state index < -0.39 is 5.60 Å². The molecule has 1 amide bonds. The lowest BCUT2D eigenvalue weighted by Crippen LogP contribution is -2.59. The van der Waals surface area contributed by atoms with Crippen LogP contribution in [0.25, 0.3) is 0 Å². The molecule has 2 saturated heterocycles. The van der Waals surface area contributed by atoms with E-state index >= 15 is 0 Å². The quantitative estimate of drug-likeness (QED) is 0.597. The first kappa shape index (κ1) is 21.1. The van der Waals surface area contributed by atoms with Gasteiger partial charge in [-0.15, -0.1) is 0 Å². The first-order chi connectivity index (χ1) is 15.6. The van der Waals surface area contributed by atoms with Crippen LogP contribution in [0.4, 0.5) is 0 Å². The Balaban J connectivity index is 1.45. The third kappa shape index (κ3) is 4.13. The van der Waals surface area contributed by atoms with E-state index in [2.05, 4.69) is 20.9 Å². The minimum Gasteiger partial charge on any atom is -0.361 e. The Kier molecular flexibility index (Phi) is 5.91. The van der Waals surface area contributed by atoms with E-state index in [9.17, 15) is 4.79 Å². The van der Waals surface area contributed by atoms with Gasteiger partial charge < -0.3 is 9.64 Å². The molecule has 2 aliphatic rings. The average molecular weight is 449 g/mol. The van der Waals surface area contributed by atoms with Gasteiger partial charge in [0.25, 0.3) is 5.91 Å². The molecule has 2 aromatic heterocycles. The van der Waals surface area contributed by atoms with Crippen molar-refractivity contribution in [2.24, 2.45) is 0 Å². The van der Waals surface area contributed by atoms with Crippen LogP contribution in [0.3, 0.4) is 0 Å². The van der Waals surface area contributed by atoms with Gasteiger partial charge in [-0.2, -0.15) is 0 Å².